The second-order valence-corrected chi connectivity index (χ2v) is 6.22. The van der Waals surface area contributed by atoms with Crippen molar-refractivity contribution < 1.29 is 19.4 Å². The van der Waals surface area contributed by atoms with Gasteiger partial charge in [0.05, 0.1) is 12.2 Å². The number of aromatic nitrogens is 1. The molecule has 1 aromatic carbocycles. The average Bonchev–Trinajstić information content (AvgIpc) is 2.89. The number of rotatable bonds is 8. The van der Waals surface area contributed by atoms with Crippen molar-refractivity contribution in [2.45, 2.75) is 20.4 Å². The van der Waals surface area contributed by atoms with Crippen LogP contribution in [0.1, 0.15) is 24.2 Å². The summed E-state index contributed by atoms with van der Waals surface area (Å²) in [7, 11) is 1.63. The van der Waals surface area contributed by atoms with E-state index in [-0.39, 0.29) is 18.4 Å². The van der Waals surface area contributed by atoms with Gasteiger partial charge >= 0.3 is 5.97 Å². The van der Waals surface area contributed by atoms with Crippen molar-refractivity contribution >= 4 is 22.8 Å². The number of hydrogen-bond donors (Lipinski definition) is 1. The Kier molecular flexibility index (Phi) is 5.98. The second-order valence-electron chi connectivity index (χ2n) is 6.22. The quantitative estimate of drug-likeness (QED) is 0.806. The Bertz CT molecular complexity index is 721. The maximum absolute atomic E-state index is 12.9. The zero-order chi connectivity index (χ0) is 17.7. The molecule has 0 saturated heterocycles. The van der Waals surface area contributed by atoms with E-state index < -0.39 is 5.97 Å². The highest BCUT2D eigenvalue weighted by Gasteiger charge is 2.23. The van der Waals surface area contributed by atoms with E-state index in [2.05, 4.69) is 0 Å². The Morgan fingerprint density at radius 3 is 2.62 bits per heavy atom. The number of carbonyl (C=O) groups is 2. The van der Waals surface area contributed by atoms with Gasteiger partial charge in [-0.05, 0) is 12.0 Å². The summed E-state index contributed by atoms with van der Waals surface area (Å²) in [5.74, 6) is -1.07. The number of hydrogen-bond acceptors (Lipinski definition) is 3. The molecule has 2 aromatic rings. The number of amides is 1. The maximum Gasteiger partial charge on any atom is 0.323 e. The summed E-state index contributed by atoms with van der Waals surface area (Å²) in [5.41, 5.74) is 1.47. The number of methoxy groups -OCH3 is 1. The van der Waals surface area contributed by atoms with E-state index in [1.165, 1.54) is 4.90 Å². The lowest BCUT2D eigenvalue weighted by Crippen LogP contribution is -2.38. The van der Waals surface area contributed by atoms with Crippen molar-refractivity contribution in [2.75, 3.05) is 26.8 Å². The topological polar surface area (TPSA) is 71.8 Å². The molecular formula is C18H24N2O4. The van der Waals surface area contributed by atoms with Crippen molar-refractivity contribution in [2.24, 2.45) is 5.92 Å². The van der Waals surface area contributed by atoms with Gasteiger partial charge < -0.3 is 19.3 Å². The van der Waals surface area contributed by atoms with Gasteiger partial charge in [0.15, 0.2) is 0 Å². The van der Waals surface area contributed by atoms with Gasteiger partial charge in [-0.3, -0.25) is 9.59 Å². The van der Waals surface area contributed by atoms with Crippen molar-refractivity contribution in [3.63, 3.8) is 0 Å². The fraction of sp³-hybridized carbons (Fsp3) is 0.444. The molecule has 0 aliphatic rings. The summed E-state index contributed by atoms with van der Waals surface area (Å²) >= 11 is 0. The normalized spacial score (nSPS) is 11.2. The molecule has 1 amide bonds. The molecule has 0 aliphatic heterocycles. The number of para-hydroxylation sites is 1. The van der Waals surface area contributed by atoms with Gasteiger partial charge in [-0.1, -0.05) is 32.0 Å². The maximum atomic E-state index is 12.9. The van der Waals surface area contributed by atoms with Gasteiger partial charge in [-0.25, -0.2) is 0 Å². The first-order valence-electron chi connectivity index (χ1n) is 8.02. The number of carbonyl (C=O) groups excluding carboxylic acids is 1. The summed E-state index contributed by atoms with van der Waals surface area (Å²) in [6.07, 6.45) is 1.79. The van der Waals surface area contributed by atoms with Gasteiger partial charge in [0.1, 0.15) is 6.54 Å². The summed E-state index contributed by atoms with van der Waals surface area (Å²) in [6, 6.07) is 7.64. The van der Waals surface area contributed by atoms with Gasteiger partial charge in [0.2, 0.25) is 0 Å². The Morgan fingerprint density at radius 2 is 2.00 bits per heavy atom. The first-order valence-corrected chi connectivity index (χ1v) is 8.02. The van der Waals surface area contributed by atoms with Crippen LogP contribution in [0.2, 0.25) is 0 Å². The van der Waals surface area contributed by atoms with E-state index in [0.717, 1.165) is 10.9 Å². The molecule has 1 aromatic heterocycles. The zero-order valence-electron chi connectivity index (χ0n) is 14.4. The second kappa shape index (κ2) is 7.97. The monoisotopic (exact) mass is 332 g/mol. The molecule has 0 fully saturated rings. The number of fused-ring (bicyclic) bond motifs is 1. The molecule has 6 heteroatoms. The number of benzene rings is 1. The third kappa shape index (κ3) is 4.14. The van der Waals surface area contributed by atoms with Crippen LogP contribution in [0.15, 0.2) is 30.5 Å². The summed E-state index contributed by atoms with van der Waals surface area (Å²) in [6.45, 7) is 5.20. The Balaban J connectivity index is 2.41. The van der Waals surface area contributed by atoms with Crippen molar-refractivity contribution in [1.82, 2.24) is 9.47 Å². The van der Waals surface area contributed by atoms with E-state index in [9.17, 15) is 9.59 Å². The van der Waals surface area contributed by atoms with Crippen LogP contribution < -0.4 is 0 Å². The first-order chi connectivity index (χ1) is 11.4. The predicted octanol–water partition coefficient (Wildman–Crippen LogP) is 2.47. The number of nitrogens with zero attached hydrogens (tertiary/aromatic N) is 2. The summed E-state index contributed by atoms with van der Waals surface area (Å²) < 4.78 is 7.10. The molecule has 24 heavy (non-hydrogen) atoms. The Labute approximate surface area is 141 Å². The number of carboxylic acid groups (broad SMARTS) is 1. The molecule has 130 valence electrons. The van der Waals surface area contributed by atoms with Crippen LogP contribution >= 0.6 is 0 Å². The minimum atomic E-state index is -1.01. The standard InChI is InChI=1S/C18H24N2O4/c1-13(2)10-20(12-17(21)22)18(23)15-11-19(8-9-24-3)16-7-5-4-6-14(15)16/h4-7,11,13H,8-10,12H2,1-3H3,(H,21,22). The lowest BCUT2D eigenvalue weighted by Gasteiger charge is -2.22. The van der Waals surface area contributed by atoms with E-state index in [0.29, 0.717) is 25.3 Å². The largest absolute Gasteiger partial charge is 0.480 e. The first kappa shape index (κ1) is 18.0. The van der Waals surface area contributed by atoms with Crippen molar-refractivity contribution in [3.05, 3.63) is 36.0 Å². The average molecular weight is 332 g/mol. The number of carboxylic acids is 1. The predicted molar refractivity (Wildman–Crippen MR) is 92.2 cm³/mol. The fourth-order valence-corrected chi connectivity index (χ4v) is 2.79. The third-order valence-electron chi connectivity index (χ3n) is 3.75. The molecule has 2 rings (SSSR count). The summed E-state index contributed by atoms with van der Waals surface area (Å²) in [5, 5.41) is 9.94. The van der Waals surface area contributed by atoms with Crippen LogP contribution in [0, 0.1) is 5.92 Å². The van der Waals surface area contributed by atoms with Gasteiger partial charge in [-0.15, -0.1) is 0 Å². The zero-order valence-corrected chi connectivity index (χ0v) is 14.4. The molecule has 0 bridgehead atoms. The van der Waals surface area contributed by atoms with Crippen LogP contribution in [0.3, 0.4) is 0 Å². The number of ether oxygens (including phenoxy) is 1. The molecule has 1 heterocycles. The minimum Gasteiger partial charge on any atom is -0.480 e. The smallest absolute Gasteiger partial charge is 0.323 e. The highest BCUT2D eigenvalue weighted by molar-refractivity contribution is 6.07. The van der Waals surface area contributed by atoms with Crippen LogP contribution in [-0.4, -0.2) is 53.3 Å². The molecule has 1 N–H and O–H groups in total. The van der Waals surface area contributed by atoms with E-state index >= 15 is 0 Å². The molecule has 0 unspecified atom stereocenters. The molecule has 0 radical (unpaired) electrons. The van der Waals surface area contributed by atoms with E-state index in [1.807, 2.05) is 42.7 Å². The van der Waals surface area contributed by atoms with Crippen molar-refractivity contribution in [3.8, 4) is 0 Å². The van der Waals surface area contributed by atoms with Gasteiger partial charge in [0, 0.05) is 37.3 Å². The Hall–Kier alpha value is -2.34. The van der Waals surface area contributed by atoms with Gasteiger partial charge in [0.25, 0.3) is 5.91 Å². The highest BCUT2D eigenvalue weighted by atomic mass is 16.5. The molecule has 0 saturated carbocycles. The van der Waals surface area contributed by atoms with Gasteiger partial charge in [-0.2, -0.15) is 0 Å². The highest BCUT2D eigenvalue weighted by Crippen LogP contribution is 2.23. The van der Waals surface area contributed by atoms with Crippen LogP contribution in [0.25, 0.3) is 10.9 Å². The van der Waals surface area contributed by atoms with Crippen LogP contribution in [0.5, 0.6) is 0 Å². The molecule has 0 atom stereocenters. The molecule has 0 aliphatic carbocycles. The van der Waals surface area contributed by atoms with E-state index in [4.69, 9.17) is 9.84 Å². The Morgan fingerprint density at radius 1 is 1.29 bits per heavy atom. The molecule has 0 spiro atoms. The van der Waals surface area contributed by atoms with Crippen molar-refractivity contribution in [1.29, 1.82) is 0 Å². The van der Waals surface area contributed by atoms with Crippen LogP contribution in [-0.2, 0) is 16.1 Å². The number of aliphatic carboxylic acids is 1. The molecule has 6 nitrogen and oxygen atoms in total. The van der Waals surface area contributed by atoms with E-state index in [1.54, 1.807) is 13.3 Å². The fourth-order valence-electron chi connectivity index (χ4n) is 2.79. The van der Waals surface area contributed by atoms with Crippen LogP contribution in [0.4, 0.5) is 0 Å². The lowest BCUT2D eigenvalue weighted by atomic mass is 10.1. The minimum absolute atomic E-state index is 0.190. The third-order valence-corrected chi connectivity index (χ3v) is 3.75. The summed E-state index contributed by atoms with van der Waals surface area (Å²) in [4.78, 5) is 25.5. The molecular weight excluding hydrogens is 308 g/mol. The SMILES string of the molecule is COCCn1cc(C(=O)N(CC(=O)O)CC(C)C)c2ccccc21. The lowest BCUT2D eigenvalue weighted by molar-refractivity contribution is -0.137.